The molecule has 0 fully saturated rings. The fourth-order valence-corrected chi connectivity index (χ4v) is 3.04. The number of allylic oxidation sites excluding steroid dienone is 1. The highest BCUT2D eigenvalue weighted by molar-refractivity contribution is 5.84. The fraction of sp³-hybridized carbons (Fsp3) is 0.429. The van der Waals surface area contributed by atoms with Gasteiger partial charge in [0.2, 0.25) is 0 Å². The third kappa shape index (κ3) is 1.09. The minimum atomic E-state index is 0.184. The average Bonchev–Trinajstić information content (AvgIpc) is 2.58. The van der Waals surface area contributed by atoms with Crippen LogP contribution in [0.3, 0.4) is 0 Å². The maximum Gasteiger partial charge on any atom is 0.0534 e. The van der Waals surface area contributed by atoms with Crippen LogP contribution in [0.2, 0.25) is 0 Å². The number of anilines is 1. The molecule has 0 aromatic heterocycles. The van der Waals surface area contributed by atoms with Crippen molar-refractivity contribution in [2.24, 2.45) is 0 Å². The molecule has 0 radical (unpaired) electrons. The van der Waals surface area contributed by atoms with Crippen LogP contribution in [0.5, 0.6) is 0 Å². The van der Waals surface area contributed by atoms with E-state index in [1.807, 2.05) is 0 Å². The van der Waals surface area contributed by atoms with Gasteiger partial charge in [-0.15, -0.1) is 0 Å². The molecule has 0 saturated carbocycles. The van der Waals surface area contributed by atoms with Crippen molar-refractivity contribution in [3.05, 3.63) is 35.4 Å². The molecular formula is C14H17N. The lowest BCUT2D eigenvalue weighted by Gasteiger charge is -2.40. The number of hydrogen-bond donors (Lipinski definition) is 0. The standard InChI is InChI=1S/C14H17N/c1-10-9-14(2,3)15-8-7-11-5-4-6-12(10)13(11)15/h4-6,9H,7-8H2,1-3H3. The summed E-state index contributed by atoms with van der Waals surface area (Å²) in [5, 5.41) is 0. The smallest absolute Gasteiger partial charge is 0.0534 e. The molecule has 0 amide bonds. The highest BCUT2D eigenvalue weighted by Gasteiger charge is 2.35. The Bertz CT molecular complexity index is 454. The van der Waals surface area contributed by atoms with Crippen molar-refractivity contribution >= 4 is 11.3 Å². The molecule has 0 spiro atoms. The topological polar surface area (TPSA) is 3.24 Å². The zero-order valence-electron chi connectivity index (χ0n) is 9.67. The summed E-state index contributed by atoms with van der Waals surface area (Å²) in [5.74, 6) is 0. The van der Waals surface area contributed by atoms with Crippen LogP contribution in [-0.4, -0.2) is 12.1 Å². The van der Waals surface area contributed by atoms with Crippen molar-refractivity contribution in [3.8, 4) is 0 Å². The first-order valence-corrected chi connectivity index (χ1v) is 5.69. The Balaban J connectivity index is 2.30. The minimum absolute atomic E-state index is 0.184. The Labute approximate surface area is 91.4 Å². The van der Waals surface area contributed by atoms with E-state index in [4.69, 9.17) is 0 Å². The Kier molecular flexibility index (Phi) is 1.60. The summed E-state index contributed by atoms with van der Waals surface area (Å²) >= 11 is 0. The summed E-state index contributed by atoms with van der Waals surface area (Å²) in [6.07, 6.45) is 3.60. The summed E-state index contributed by atoms with van der Waals surface area (Å²) in [7, 11) is 0. The largest absolute Gasteiger partial charge is 0.362 e. The first-order chi connectivity index (χ1) is 7.09. The first kappa shape index (κ1) is 9.02. The maximum atomic E-state index is 2.55. The van der Waals surface area contributed by atoms with Gasteiger partial charge in [-0.1, -0.05) is 24.3 Å². The molecule has 2 aliphatic heterocycles. The van der Waals surface area contributed by atoms with Gasteiger partial charge in [-0.2, -0.15) is 0 Å². The van der Waals surface area contributed by atoms with Gasteiger partial charge in [0.1, 0.15) is 0 Å². The lowest BCUT2D eigenvalue weighted by Crippen LogP contribution is -2.43. The van der Waals surface area contributed by atoms with E-state index in [9.17, 15) is 0 Å². The van der Waals surface area contributed by atoms with Crippen LogP contribution < -0.4 is 4.90 Å². The van der Waals surface area contributed by atoms with Gasteiger partial charge >= 0.3 is 0 Å². The number of benzene rings is 1. The van der Waals surface area contributed by atoms with E-state index in [2.05, 4.69) is 49.9 Å². The van der Waals surface area contributed by atoms with E-state index < -0.39 is 0 Å². The summed E-state index contributed by atoms with van der Waals surface area (Å²) < 4.78 is 0. The van der Waals surface area contributed by atoms with Gasteiger partial charge in [0.25, 0.3) is 0 Å². The van der Waals surface area contributed by atoms with Crippen LogP contribution in [-0.2, 0) is 6.42 Å². The van der Waals surface area contributed by atoms with Gasteiger partial charge in [-0.3, -0.25) is 0 Å². The minimum Gasteiger partial charge on any atom is -0.362 e. The Morgan fingerprint density at radius 2 is 2.07 bits per heavy atom. The lowest BCUT2D eigenvalue weighted by molar-refractivity contribution is 0.572. The number of hydrogen-bond acceptors (Lipinski definition) is 1. The zero-order chi connectivity index (χ0) is 10.6. The van der Waals surface area contributed by atoms with Gasteiger partial charge in [0, 0.05) is 17.8 Å². The molecule has 0 saturated heterocycles. The van der Waals surface area contributed by atoms with Gasteiger partial charge in [-0.25, -0.2) is 0 Å². The highest BCUT2D eigenvalue weighted by atomic mass is 15.2. The quantitative estimate of drug-likeness (QED) is 0.620. The van der Waals surface area contributed by atoms with Crippen molar-refractivity contribution in [1.29, 1.82) is 0 Å². The Hall–Kier alpha value is -1.24. The Morgan fingerprint density at radius 1 is 1.27 bits per heavy atom. The van der Waals surface area contributed by atoms with E-state index in [1.165, 1.54) is 35.4 Å². The zero-order valence-corrected chi connectivity index (χ0v) is 9.67. The normalized spacial score (nSPS) is 21.3. The third-order valence-electron chi connectivity index (χ3n) is 3.68. The molecule has 2 aliphatic rings. The van der Waals surface area contributed by atoms with Crippen LogP contribution in [0.4, 0.5) is 5.69 Å². The molecule has 1 nitrogen and oxygen atoms in total. The molecule has 0 bridgehead atoms. The Morgan fingerprint density at radius 3 is 2.87 bits per heavy atom. The summed E-state index contributed by atoms with van der Waals surface area (Å²) in [6, 6.07) is 6.71. The molecule has 0 atom stereocenters. The summed E-state index contributed by atoms with van der Waals surface area (Å²) in [4.78, 5) is 2.55. The summed E-state index contributed by atoms with van der Waals surface area (Å²) in [6.45, 7) is 8.01. The summed E-state index contributed by atoms with van der Waals surface area (Å²) in [5.41, 5.74) is 6.05. The van der Waals surface area contributed by atoms with Gasteiger partial charge < -0.3 is 4.90 Å². The van der Waals surface area contributed by atoms with E-state index >= 15 is 0 Å². The molecule has 1 aromatic carbocycles. The maximum absolute atomic E-state index is 2.55. The molecule has 3 rings (SSSR count). The van der Waals surface area contributed by atoms with Crippen LogP contribution in [0.15, 0.2) is 24.3 Å². The van der Waals surface area contributed by atoms with Crippen molar-refractivity contribution < 1.29 is 0 Å². The molecule has 0 aliphatic carbocycles. The van der Waals surface area contributed by atoms with Gasteiger partial charge in [0.15, 0.2) is 0 Å². The van der Waals surface area contributed by atoms with Gasteiger partial charge in [0.05, 0.1) is 5.54 Å². The van der Waals surface area contributed by atoms with Crippen LogP contribution in [0, 0.1) is 0 Å². The van der Waals surface area contributed by atoms with E-state index in [0.29, 0.717) is 0 Å². The van der Waals surface area contributed by atoms with Crippen LogP contribution in [0.25, 0.3) is 5.57 Å². The molecule has 1 aromatic rings. The first-order valence-electron chi connectivity index (χ1n) is 5.69. The SMILES string of the molecule is CC1=CC(C)(C)N2CCc3cccc1c32. The molecular weight excluding hydrogens is 182 g/mol. The van der Waals surface area contributed by atoms with Crippen molar-refractivity contribution in [2.75, 3.05) is 11.4 Å². The van der Waals surface area contributed by atoms with Crippen LogP contribution in [0.1, 0.15) is 31.9 Å². The van der Waals surface area contributed by atoms with Crippen LogP contribution >= 0.6 is 0 Å². The fourth-order valence-electron chi connectivity index (χ4n) is 3.04. The molecule has 78 valence electrons. The van der Waals surface area contributed by atoms with Crippen molar-refractivity contribution in [1.82, 2.24) is 0 Å². The molecule has 15 heavy (non-hydrogen) atoms. The van der Waals surface area contributed by atoms with E-state index in [1.54, 1.807) is 0 Å². The second kappa shape index (κ2) is 2.66. The highest BCUT2D eigenvalue weighted by Crippen LogP contribution is 2.44. The predicted molar refractivity (Wildman–Crippen MR) is 65.2 cm³/mol. The number of para-hydroxylation sites is 1. The van der Waals surface area contributed by atoms with E-state index in [-0.39, 0.29) is 5.54 Å². The third-order valence-corrected chi connectivity index (χ3v) is 3.68. The predicted octanol–water partition coefficient (Wildman–Crippen LogP) is 3.24. The molecule has 1 heteroatoms. The van der Waals surface area contributed by atoms with Crippen molar-refractivity contribution in [2.45, 2.75) is 32.7 Å². The molecule has 2 heterocycles. The molecule has 0 unspecified atom stereocenters. The average molecular weight is 199 g/mol. The monoisotopic (exact) mass is 199 g/mol. The molecule has 0 N–H and O–H groups in total. The van der Waals surface area contributed by atoms with Gasteiger partial charge in [-0.05, 0) is 38.3 Å². The number of nitrogens with zero attached hydrogens (tertiary/aromatic N) is 1. The van der Waals surface area contributed by atoms with E-state index in [0.717, 1.165) is 0 Å². The van der Waals surface area contributed by atoms with Crippen molar-refractivity contribution in [3.63, 3.8) is 0 Å². The second-order valence-electron chi connectivity index (χ2n) is 5.20. The second-order valence-corrected chi connectivity index (χ2v) is 5.20. The number of rotatable bonds is 0. The lowest BCUT2D eigenvalue weighted by atomic mass is 9.89.